The molecule has 1 saturated heterocycles. The lowest BCUT2D eigenvalue weighted by molar-refractivity contribution is -0.141. The Morgan fingerprint density at radius 2 is 2.04 bits per heavy atom. The van der Waals surface area contributed by atoms with Gasteiger partial charge in [0.05, 0.1) is 6.21 Å². The number of carboxylic acids is 1. The number of nitrogens with one attached hydrogen (secondary N) is 1. The van der Waals surface area contributed by atoms with Gasteiger partial charge in [-0.25, -0.2) is 0 Å². The van der Waals surface area contributed by atoms with Crippen molar-refractivity contribution in [2.75, 3.05) is 6.54 Å². The molecule has 3 atom stereocenters. The number of carboxylic acid groups (broad SMARTS) is 1. The van der Waals surface area contributed by atoms with E-state index in [1.807, 2.05) is 13.0 Å². The number of aliphatic carboxylic acids is 1. The van der Waals surface area contributed by atoms with Crippen molar-refractivity contribution in [3.8, 4) is 5.75 Å². The van der Waals surface area contributed by atoms with Crippen LogP contribution < -0.4 is 11.2 Å². The van der Waals surface area contributed by atoms with Crippen molar-refractivity contribution in [2.45, 2.75) is 45.1 Å². The molecule has 0 spiro atoms. The van der Waals surface area contributed by atoms with Gasteiger partial charge in [-0.2, -0.15) is 0 Å². The van der Waals surface area contributed by atoms with Gasteiger partial charge in [0, 0.05) is 5.56 Å². The number of phenols is 1. The molecule has 142 valence electrons. The summed E-state index contributed by atoms with van der Waals surface area (Å²) in [6.07, 6.45) is 7.43. The first-order chi connectivity index (χ1) is 12.5. The van der Waals surface area contributed by atoms with Crippen LogP contribution in [-0.2, 0) is 4.79 Å². The number of aryl methyl sites for hydroxylation is 1. The van der Waals surface area contributed by atoms with Crippen LogP contribution in [0.5, 0.6) is 5.75 Å². The number of piperidine rings is 1. The fourth-order valence-corrected chi connectivity index (χ4v) is 3.68. The lowest BCUT2D eigenvalue weighted by Gasteiger charge is -2.38. The molecule has 0 aromatic heterocycles. The molecule has 8 heteroatoms. The third-order valence-corrected chi connectivity index (χ3v) is 5.12. The Balaban J connectivity index is 0.000000187. The number of hydrogen-bond acceptors (Lipinski definition) is 5. The van der Waals surface area contributed by atoms with E-state index in [-0.39, 0.29) is 11.8 Å². The van der Waals surface area contributed by atoms with Gasteiger partial charge in [0.1, 0.15) is 11.8 Å². The van der Waals surface area contributed by atoms with Crippen molar-refractivity contribution < 1.29 is 15.0 Å². The van der Waals surface area contributed by atoms with Crippen molar-refractivity contribution in [3.63, 3.8) is 0 Å². The molecule has 0 bridgehead atoms. The van der Waals surface area contributed by atoms with Crippen molar-refractivity contribution in [1.29, 1.82) is 0 Å². The van der Waals surface area contributed by atoms with E-state index in [2.05, 4.69) is 20.9 Å². The molecule has 5 N–H and O–H groups in total. The average molecular weight is 361 g/mol. The van der Waals surface area contributed by atoms with Gasteiger partial charge in [-0.3, -0.25) is 4.79 Å². The predicted octanol–water partition coefficient (Wildman–Crippen LogP) is 2.60. The highest BCUT2D eigenvalue weighted by Crippen LogP contribution is 2.35. The Bertz CT molecular complexity index is 642. The number of aromatic hydroxyl groups is 1. The van der Waals surface area contributed by atoms with Crippen molar-refractivity contribution in [1.82, 2.24) is 5.32 Å². The molecule has 1 saturated carbocycles. The lowest BCUT2D eigenvalue weighted by atomic mass is 9.74. The molecular formula is C18H27N5O3. The van der Waals surface area contributed by atoms with Crippen molar-refractivity contribution >= 4 is 12.2 Å². The summed E-state index contributed by atoms with van der Waals surface area (Å²) in [6, 6.07) is 4.92. The van der Waals surface area contributed by atoms with Crippen molar-refractivity contribution in [2.24, 2.45) is 33.2 Å². The predicted molar refractivity (Wildman–Crippen MR) is 99.0 cm³/mol. The van der Waals surface area contributed by atoms with Gasteiger partial charge in [-0.05, 0) is 55.0 Å². The Hall–Kier alpha value is -2.48. The highest BCUT2D eigenvalue weighted by atomic mass is 16.4. The van der Waals surface area contributed by atoms with Crippen LogP contribution in [0.3, 0.4) is 0 Å². The minimum Gasteiger partial charge on any atom is -0.507 e. The first-order valence-corrected chi connectivity index (χ1v) is 8.91. The lowest BCUT2D eigenvalue weighted by Crippen LogP contribution is -2.48. The van der Waals surface area contributed by atoms with Crippen LogP contribution in [0.4, 0.5) is 0 Å². The smallest absolute Gasteiger partial charge is 0.320 e. The molecule has 8 nitrogen and oxygen atoms in total. The van der Waals surface area contributed by atoms with Gasteiger partial charge >= 0.3 is 5.97 Å². The van der Waals surface area contributed by atoms with E-state index in [1.54, 1.807) is 12.1 Å². The molecule has 1 heterocycles. The Kier molecular flexibility index (Phi) is 7.53. The highest BCUT2D eigenvalue weighted by Gasteiger charge is 2.34. The van der Waals surface area contributed by atoms with E-state index in [4.69, 9.17) is 10.9 Å². The Labute approximate surface area is 153 Å². The summed E-state index contributed by atoms with van der Waals surface area (Å²) in [4.78, 5) is 10.8. The average Bonchev–Trinajstić information content (AvgIpc) is 2.64. The molecule has 1 aromatic carbocycles. The summed E-state index contributed by atoms with van der Waals surface area (Å²) in [6.45, 7) is 2.78. The molecule has 26 heavy (non-hydrogen) atoms. The Morgan fingerprint density at radius 1 is 1.31 bits per heavy atom. The molecule has 2 fully saturated rings. The van der Waals surface area contributed by atoms with E-state index in [9.17, 15) is 9.90 Å². The summed E-state index contributed by atoms with van der Waals surface area (Å²) in [5.41, 5.74) is 1.53. The second-order valence-electron chi connectivity index (χ2n) is 6.80. The molecular weight excluding hydrogens is 334 g/mol. The number of phenolic OH excluding ortho intramolecular Hbond substituents is 1. The monoisotopic (exact) mass is 361 g/mol. The third-order valence-electron chi connectivity index (χ3n) is 5.12. The summed E-state index contributed by atoms with van der Waals surface area (Å²) >= 11 is 0. The SMILES string of the molecule is Cc1cccc(O)c1/C=N/N=N\N.O=C(O)C1CC2CCCCC2CN1. The maximum absolute atomic E-state index is 10.8. The second-order valence-corrected chi connectivity index (χ2v) is 6.80. The molecule has 1 aliphatic carbocycles. The molecule has 0 radical (unpaired) electrons. The van der Waals surface area contributed by atoms with Gasteiger partial charge in [0.25, 0.3) is 0 Å². The van der Waals surface area contributed by atoms with Crippen LogP contribution >= 0.6 is 0 Å². The largest absolute Gasteiger partial charge is 0.507 e. The zero-order valence-corrected chi connectivity index (χ0v) is 15.0. The summed E-state index contributed by atoms with van der Waals surface area (Å²) in [7, 11) is 0. The summed E-state index contributed by atoms with van der Waals surface area (Å²) in [5.74, 6) is 5.67. The molecule has 1 aromatic rings. The van der Waals surface area contributed by atoms with E-state index in [1.165, 1.54) is 31.9 Å². The standard InChI is InChI=1S/C10H17NO2.C8H10N4O/c12-10(13)9-5-7-3-1-2-4-8(7)6-11-9;1-6-3-2-4-8(13)7(6)5-10-12-11-9/h7-9,11H,1-6H2,(H,12,13);2-5,13H,1H3,(H2,9,12)/b;10-5+. The van der Waals surface area contributed by atoms with Crippen LogP contribution in [-0.4, -0.2) is 35.0 Å². The van der Waals surface area contributed by atoms with Crippen LogP contribution in [0.1, 0.15) is 43.2 Å². The van der Waals surface area contributed by atoms with Gasteiger partial charge < -0.3 is 21.4 Å². The van der Waals surface area contributed by atoms with Gasteiger partial charge in [0.2, 0.25) is 0 Å². The van der Waals surface area contributed by atoms with Crippen LogP contribution in [0, 0.1) is 18.8 Å². The van der Waals surface area contributed by atoms with E-state index >= 15 is 0 Å². The fraction of sp³-hybridized carbons (Fsp3) is 0.556. The van der Waals surface area contributed by atoms with Gasteiger partial charge in [-0.15, -0.1) is 5.10 Å². The molecule has 3 rings (SSSR count). The van der Waals surface area contributed by atoms with E-state index < -0.39 is 5.97 Å². The van der Waals surface area contributed by atoms with Crippen LogP contribution in [0.25, 0.3) is 0 Å². The Morgan fingerprint density at radius 3 is 2.69 bits per heavy atom. The maximum atomic E-state index is 10.8. The molecule has 0 amide bonds. The first-order valence-electron chi connectivity index (χ1n) is 8.91. The maximum Gasteiger partial charge on any atom is 0.320 e. The van der Waals surface area contributed by atoms with Gasteiger partial charge in [0.15, 0.2) is 0 Å². The van der Waals surface area contributed by atoms with E-state index in [0.717, 1.165) is 24.4 Å². The number of rotatable bonds is 3. The van der Waals surface area contributed by atoms with Gasteiger partial charge in [-0.1, -0.05) is 36.6 Å². The number of hydrogen-bond donors (Lipinski definition) is 4. The minimum atomic E-state index is -0.677. The zero-order chi connectivity index (χ0) is 18.9. The normalized spacial score (nSPS) is 25.5. The number of benzene rings is 1. The minimum absolute atomic E-state index is 0.163. The molecule has 3 unspecified atom stereocenters. The number of nitrogens with two attached hydrogens (primary N) is 1. The van der Waals surface area contributed by atoms with Crippen LogP contribution in [0.2, 0.25) is 0 Å². The number of nitrogens with zero attached hydrogens (tertiary/aromatic N) is 3. The first kappa shape index (κ1) is 19.8. The number of fused-ring (bicyclic) bond motifs is 1. The van der Waals surface area contributed by atoms with Crippen molar-refractivity contribution in [3.05, 3.63) is 29.3 Å². The van der Waals surface area contributed by atoms with E-state index in [0.29, 0.717) is 11.5 Å². The van der Waals surface area contributed by atoms with Crippen LogP contribution in [0.15, 0.2) is 33.7 Å². The topological polar surface area (TPSA) is 133 Å². The molecule has 1 aliphatic heterocycles. The molecule has 2 aliphatic rings. The summed E-state index contributed by atoms with van der Waals surface area (Å²) < 4.78 is 0. The third kappa shape index (κ3) is 5.52. The second kappa shape index (κ2) is 9.86. The highest BCUT2D eigenvalue weighted by molar-refractivity contribution is 5.85. The number of carbonyl (C=O) groups is 1. The fourth-order valence-electron chi connectivity index (χ4n) is 3.68. The summed E-state index contributed by atoms with van der Waals surface area (Å²) in [5, 5.41) is 31.1. The zero-order valence-electron chi connectivity index (χ0n) is 15.0. The quantitative estimate of drug-likeness (QED) is 0.284.